The minimum atomic E-state index is -0.499. The first kappa shape index (κ1) is 13.3. The van der Waals surface area contributed by atoms with Crippen LogP contribution in [0.1, 0.15) is 34.5 Å². The molecule has 1 atom stereocenters. The fourth-order valence-electron chi connectivity index (χ4n) is 1.83. The number of benzene rings is 2. The summed E-state index contributed by atoms with van der Waals surface area (Å²) in [7, 11) is 0. The SMILES string of the molecule is Cc1cccc(C(=O)Nc2ccc([C@@H](C)O)cc2)c1. The molecule has 2 aromatic carbocycles. The topological polar surface area (TPSA) is 49.3 Å². The third kappa shape index (κ3) is 3.42. The van der Waals surface area contributed by atoms with Gasteiger partial charge in [-0.15, -0.1) is 0 Å². The van der Waals surface area contributed by atoms with Crippen molar-refractivity contribution in [1.29, 1.82) is 0 Å². The molecule has 0 aromatic heterocycles. The molecule has 0 unspecified atom stereocenters. The summed E-state index contributed by atoms with van der Waals surface area (Å²) in [5.41, 5.74) is 3.24. The molecule has 0 aliphatic heterocycles. The van der Waals surface area contributed by atoms with Crippen LogP contribution < -0.4 is 5.32 Å². The third-order valence-electron chi connectivity index (χ3n) is 2.93. The maximum atomic E-state index is 12.0. The number of rotatable bonds is 3. The molecule has 0 saturated heterocycles. The second-order valence-corrected chi connectivity index (χ2v) is 4.62. The molecule has 3 heteroatoms. The Hall–Kier alpha value is -2.13. The van der Waals surface area contributed by atoms with Gasteiger partial charge in [-0.1, -0.05) is 29.8 Å². The van der Waals surface area contributed by atoms with E-state index >= 15 is 0 Å². The van der Waals surface area contributed by atoms with Crippen LogP contribution in [-0.4, -0.2) is 11.0 Å². The quantitative estimate of drug-likeness (QED) is 0.884. The first-order valence-electron chi connectivity index (χ1n) is 6.22. The first-order chi connectivity index (χ1) is 9.06. The summed E-state index contributed by atoms with van der Waals surface area (Å²) >= 11 is 0. The van der Waals surface area contributed by atoms with Crippen LogP contribution >= 0.6 is 0 Å². The van der Waals surface area contributed by atoms with Gasteiger partial charge in [0.2, 0.25) is 0 Å². The van der Waals surface area contributed by atoms with Gasteiger partial charge >= 0.3 is 0 Å². The van der Waals surface area contributed by atoms with Crippen molar-refractivity contribution >= 4 is 11.6 Å². The normalized spacial score (nSPS) is 11.9. The van der Waals surface area contributed by atoms with Gasteiger partial charge in [0.05, 0.1) is 6.10 Å². The standard InChI is InChI=1S/C16H17NO2/c1-11-4-3-5-14(10-11)16(19)17-15-8-6-13(7-9-15)12(2)18/h3-10,12,18H,1-2H3,(H,17,19)/t12-/m1/s1. The Bertz CT molecular complexity index is 574. The summed E-state index contributed by atoms with van der Waals surface area (Å²) in [6, 6.07) is 14.6. The van der Waals surface area contributed by atoms with Gasteiger partial charge < -0.3 is 10.4 Å². The molecule has 2 aromatic rings. The zero-order chi connectivity index (χ0) is 13.8. The average Bonchev–Trinajstić information content (AvgIpc) is 2.39. The lowest BCUT2D eigenvalue weighted by Gasteiger charge is -2.08. The summed E-state index contributed by atoms with van der Waals surface area (Å²) in [4.78, 5) is 12.0. The number of anilines is 1. The van der Waals surface area contributed by atoms with Crippen LogP contribution in [0.4, 0.5) is 5.69 Å². The van der Waals surface area contributed by atoms with E-state index in [9.17, 15) is 9.90 Å². The van der Waals surface area contributed by atoms with Crippen LogP contribution in [0.25, 0.3) is 0 Å². The molecular weight excluding hydrogens is 238 g/mol. The second kappa shape index (κ2) is 5.67. The molecule has 1 amide bonds. The molecule has 0 fully saturated rings. The second-order valence-electron chi connectivity index (χ2n) is 4.62. The Morgan fingerprint density at radius 1 is 1.16 bits per heavy atom. The van der Waals surface area contributed by atoms with Gasteiger partial charge in [-0.25, -0.2) is 0 Å². The van der Waals surface area contributed by atoms with Crippen molar-refractivity contribution in [1.82, 2.24) is 0 Å². The van der Waals surface area contributed by atoms with Crippen LogP contribution in [-0.2, 0) is 0 Å². The van der Waals surface area contributed by atoms with E-state index in [1.807, 2.05) is 25.1 Å². The first-order valence-corrected chi connectivity index (χ1v) is 6.22. The summed E-state index contributed by atoms with van der Waals surface area (Å²) in [6.07, 6.45) is -0.499. The smallest absolute Gasteiger partial charge is 0.255 e. The maximum Gasteiger partial charge on any atom is 0.255 e. The molecule has 0 spiro atoms. The molecular formula is C16H17NO2. The molecule has 3 nitrogen and oxygen atoms in total. The molecule has 2 rings (SSSR count). The molecule has 0 saturated carbocycles. The molecule has 98 valence electrons. The van der Waals surface area contributed by atoms with Crippen LogP contribution in [0.2, 0.25) is 0 Å². The zero-order valence-electron chi connectivity index (χ0n) is 11.1. The number of aryl methyl sites for hydroxylation is 1. The maximum absolute atomic E-state index is 12.0. The van der Waals surface area contributed by atoms with Crippen molar-refractivity contribution in [2.75, 3.05) is 5.32 Å². The van der Waals surface area contributed by atoms with E-state index in [2.05, 4.69) is 5.32 Å². The van der Waals surface area contributed by atoms with E-state index in [1.54, 1.807) is 37.3 Å². The molecule has 0 bridgehead atoms. The highest BCUT2D eigenvalue weighted by molar-refractivity contribution is 6.04. The lowest BCUT2D eigenvalue weighted by molar-refractivity contribution is 0.102. The Balaban J connectivity index is 2.10. The van der Waals surface area contributed by atoms with Crippen LogP contribution in [0, 0.1) is 6.92 Å². The van der Waals surface area contributed by atoms with E-state index in [-0.39, 0.29) is 5.91 Å². The number of hydrogen-bond donors (Lipinski definition) is 2. The van der Waals surface area contributed by atoms with E-state index in [1.165, 1.54) is 0 Å². The average molecular weight is 255 g/mol. The Labute approximate surface area is 112 Å². The van der Waals surface area contributed by atoms with E-state index in [4.69, 9.17) is 0 Å². The highest BCUT2D eigenvalue weighted by Gasteiger charge is 2.06. The van der Waals surface area contributed by atoms with Crippen LogP contribution in [0.3, 0.4) is 0 Å². The summed E-state index contributed by atoms with van der Waals surface area (Å²) in [6.45, 7) is 3.66. The highest BCUT2D eigenvalue weighted by atomic mass is 16.3. The summed E-state index contributed by atoms with van der Waals surface area (Å²) in [5, 5.41) is 12.2. The van der Waals surface area contributed by atoms with E-state index in [0.717, 1.165) is 16.8 Å². The minimum Gasteiger partial charge on any atom is -0.389 e. The molecule has 0 aliphatic carbocycles. The van der Waals surface area contributed by atoms with Crippen molar-refractivity contribution in [2.45, 2.75) is 20.0 Å². The molecule has 2 N–H and O–H groups in total. The number of aliphatic hydroxyl groups excluding tert-OH is 1. The van der Waals surface area contributed by atoms with Crippen molar-refractivity contribution in [2.24, 2.45) is 0 Å². The number of nitrogens with one attached hydrogen (secondary N) is 1. The highest BCUT2D eigenvalue weighted by Crippen LogP contribution is 2.16. The van der Waals surface area contributed by atoms with Crippen LogP contribution in [0.15, 0.2) is 48.5 Å². The number of aliphatic hydroxyl groups is 1. The van der Waals surface area contributed by atoms with E-state index < -0.39 is 6.10 Å². The Morgan fingerprint density at radius 2 is 1.84 bits per heavy atom. The van der Waals surface area contributed by atoms with Crippen molar-refractivity contribution in [3.63, 3.8) is 0 Å². The zero-order valence-corrected chi connectivity index (χ0v) is 11.1. The van der Waals surface area contributed by atoms with Gasteiger partial charge in [0.1, 0.15) is 0 Å². The molecule has 0 radical (unpaired) electrons. The van der Waals surface area contributed by atoms with E-state index in [0.29, 0.717) is 5.56 Å². The number of hydrogen-bond acceptors (Lipinski definition) is 2. The van der Waals surface area contributed by atoms with Gasteiger partial charge in [0, 0.05) is 11.3 Å². The van der Waals surface area contributed by atoms with Gasteiger partial charge in [-0.2, -0.15) is 0 Å². The lowest BCUT2D eigenvalue weighted by Crippen LogP contribution is -2.11. The largest absolute Gasteiger partial charge is 0.389 e. The van der Waals surface area contributed by atoms with Gasteiger partial charge in [0.15, 0.2) is 0 Å². The van der Waals surface area contributed by atoms with Gasteiger partial charge in [-0.05, 0) is 43.7 Å². The van der Waals surface area contributed by atoms with Gasteiger partial charge in [0.25, 0.3) is 5.91 Å². The monoisotopic (exact) mass is 255 g/mol. The number of carbonyl (C=O) groups is 1. The third-order valence-corrected chi connectivity index (χ3v) is 2.93. The summed E-state index contributed by atoms with van der Waals surface area (Å²) < 4.78 is 0. The minimum absolute atomic E-state index is 0.131. The molecule has 19 heavy (non-hydrogen) atoms. The van der Waals surface area contributed by atoms with Gasteiger partial charge in [-0.3, -0.25) is 4.79 Å². The molecule has 0 heterocycles. The Kier molecular flexibility index (Phi) is 3.97. The number of carbonyl (C=O) groups excluding carboxylic acids is 1. The Morgan fingerprint density at radius 3 is 2.42 bits per heavy atom. The predicted molar refractivity (Wildman–Crippen MR) is 76.2 cm³/mol. The molecule has 0 aliphatic rings. The fourth-order valence-corrected chi connectivity index (χ4v) is 1.83. The predicted octanol–water partition coefficient (Wildman–Crippen LogP) is 3.30. The fraction of sp³-hybridized carbons (Fsp3) is 0.188. The van der Waals surface area contributed by atoms with Crippen molar-refractivity contribution in [3.05, 3.63) is 65.2 Å². The summed E-state index contributed by atoms with van der Waals surface area (Å²) in [5.74, 6) is -0.131. The number of amides is 1. The van der Waals surface area contributed by atoms with Crippen molar-refractivity contribution in [3.8, 4) is 0 Å². The lowest BCUT2D eigenvalue weighted by atomic mass is 10.1. The van der Waals surface area contributed by atoms with Crippen molar-refractivity contribution < 1.29 is 9.90 Å². The van der Waals surface area contributed by atoms with Crippen LogP contribution in [0.5, 0.6) is 0 Å².